The highest BCUT2D eigenvalue weighted by Crippen LogP contribution is 2.26. The summed E-state index contributed by atoms with van der Waals surface area (Å²) >= 11 is 1.68. The predicted octanol–water partition coefficient (Wildman–Crippen LogP) is 3.16. The van der Waals surface area contributed by atoms with Gasteiger partial charge in [-0.1, -0.05) is 0 Å². The molecular formula is C18H23N5OS. The molecule has 2 aromatic rings. The fourth-order valence-corrected chi connectivity index (χ4v) is 3.35. The van der Waals surface area contributed by atoms with Gasteiger partial charge in [-0.2, -0.15) is 0 Å². The molecule has 0 unspecified atom stereocenters. The molecule has 0 atom stereocenters. The van der Waals surface area contributed by atoms with Crippen LogP contribution in [0.3, 0.4) is 0 Å². The minimum Gasteiger partial charge on any atom is -0.362 e. The Hall–Kier alpha value is -2.28. The SMILES string of the molecule is CSc1ccc(NC(=O)N2CCc3nc(C)nc(N(C)C)c3C2)cc1. The van der Waals surface area contributed by atoms with Crippen molar-refractivity contribution < 1.29 is 4.79 Å². The highest BCUT2D eigenvalue weighted by molar-refractivity contribution is 7.98. The van der Waals surface area contributed by atoms with Crippen molar-refractivity contribution in [3.05, 3.63) is 41.3 Å². The molecule has 1 aromatic carbocycles. The van der Waals surface area contributed by atoms with Crippen molar-refractivity contribution in [2.24, 2.45) is 0 Å². The van der Waals surface area contributed by atoms with E-state index in [4.69, 9.17) is 0 Å². The van der Waals surface area contributed by atoms with Crippen LogP contribution in [0, 0.1) is 6.92 Å². The number of thioether (sulfide) groups is 1. The molecule has 0 saturated carbocycles. The van der Waals surface area contributed by atoms with Crippen LogP contribution < -0.4 is 10.2 Å². The largest absolute Gasteiger partial charge is 0.362 e. The molecule has 0 radical (unpaired) electrons. The first-order valence-electron chi connectivity index (χ1n) is 8.21. The molecule has 2 amide bonds. The highest BCUT2D eigenvalue weighted by Gasteiger charge is 2.25. The zero-order valence-corrected chi connectivity index (χ0v) is 15.9. The van der Waals surface area contributed by atoms with Crippen molar-refractivity contribution in [2.45, 2.75) is 24.8 Å². The predicted molar refractivity (Wildman–Crippen MR) is 102 cm³/mol. The minimum absolute atomic E-state index is 0.0900. The maximum Gasteiger partial charge on any atom is 0.322 e. The third-order valence-corrected chi connectivity index (χ3v) is 4.95. The van der Waals surface area contributed by atoms with Gasteiger partial charge in [0, 0.05) is 43.2 Å². The first-order valence-corrected chi connectivity index (χ1v) is 9.44. The first-order chi connectivity index (χ1) is 12.0. The standard InChI is InChI=1S/C18H23N5OS/c1-12-19-16-9-10-23(11-15(16)17(20-12)22(2)3)18(24)21-13-5-7-14(25-4)8-6-13/h5-8H,9-11H2,1-4H3,(H,21,24). The average molecular weight is 357 g/mol. The first kappa shape index (κ1) is 17.5. The quantitative estimate of drug-likeness (QED) is 0.855. The lowest BCUT2D eigenvalue weighted by Crippen LogP contribution is -2.40. The van der Waals surface area contributed by atoms with Crippen molar-refractivity contribution in [2.75, 3.05) is 37.1 Å². The summed E-state index contributed by atoms with van der Waals surface area (Å²) in [6.07, 6.45) is 2.78. The van der Waals surface area contributed by atoms with Crippen LogP contribution >= 0.6 is 11.8 Å². The zero-order valence-electron chi connectivity index (χ0n) is 15.0. The maximum absolute atomic E-state index is 12.6. The number of carbonyl (C=O) groups excluding carboxylic acids is 1. The molecule has 6 nitrogen and oxygen atoms in total. The fraction of sp³-hybridized carbons (Fsp3) is 0.389. The molecule has 7 heteroatoms. The van der Waals surface area contributed by atoms with Gasteiger partial charge in [-0.3, -0.25) is 0 Å². The van der Waals surface area contributed by atoms with Gasteiger partial charge in [0.15, 0.2) is 0 Å². The summed E-state index contributed by atoms with van der Waals surface area (Å²) in [7, 11) is 3.93. The summed E-state index contributed by atoms with van der Waals surface area (Å²) in [5.41, 5.74) is 2.89. The van der Waals surface area contributed by atoms with E-state index in [1.54, 1.807) is 11.8 Å². The second-order valence-electron chi connectivity index (χ2n) is 6.24. The van der Waals surface area contributed by atoms with Crippen LogP contribution in [0.4, 0.5) is 16.3 Å². The third-order valence-electron chi connectivity index (χ3n) is 4.20. The monoisotopic (exact) mass is 357 g/mol. The molecule has 0 fully saturated rings. The van der Waals surface area contributed by atoms with Crippen molar-refractivity contribution >= 4 is 29.3 Å². The molecule has 1 aromatic heterocycles. The topological polar surface area (TPSA) is 61.4 Å². The normalized spacial score (nSPS) is 13.4. The summed E-state index contributed by atoms with van der Waals surface area (Å²) in [6, 6.07) is 7.78. The van der Waals surface area contributed by atoms with Gasteiger partial charge in [-0.05, 0) is 37.4 Å². The van der Waals surface area contributed by atoms with Crippen LogP contribution in [0.15, 0.2) is 29.2 Å². The van der Waals surface area contributed by atoms with Gasteiger partial charge in [-0.25, -0.2) is 14.8 Å². The van der Waals surface area contributed by atoms with Gasteiger partial charge in [-0.15, -0.1) is 11.8 Å². The highest BCUT2D eigenvalue weighted by atomic mass is 32.2. The lowest BCUT2D eigenvalue weighted by atomic mass is 10.1. The number of fused-ring (bicyclic) bond motifs is 1. The average Bonchev–Trinajstić information content (AvgIpc) is 2.61. The number of nitrogens with one attached hydrogen (secondary N) is 1. The van der Waals surface area contributed by atoms with Gasteiger partial charge in [0.25, 0.3) is 0 Å². The van der Waals surface area contributed by atoms with Crippen LogP contribution in [-0.2, 0) is 13.0 Å². The van der Waals surface area contributed by atoms with Gasteiger partial charge in [0.2, 0.25) is 0 Å². The summed E-state index contributed by atoms with van der Waals surface area (Å²) in [6.45, 7) is 3.09. The Morgan fingerprint density at radius 3 is 2.60 bits per heavy atom. The smallest absolute Gasteiger partial charge is 0.322 e. The zero-order chi connectivity index (χ0) is 18.0. The minimum atomic E-state index is -0.0900. The number of rotatable bonds is 3. The Bertz CT molecular complexity index is 776. The summed E-state index contributed by atoms with van der Waals surface area (Å²) in [5, 5.41) is 2.98. The van der Waals surface area contributed by atoms with Crippen molar-refractivity contribution in [1.82, 2.24) is 14.9 Å². The molecule has 1 aliphatic heterocycles. The van der Waals surface area contributed by atoms with Crippen LogP contribution in [0.25, 0.3) is 0 Å². The molecule has 0 bridgehead atoms. The van der Waals surface area contributed by atoms with E-state index in [-0.39, 0.29) is 6.03 Å². The molecule has 3 rings (SSSR count). The van der Waals surface area contributed by atoms with E-state index < -0.39 is 0 Å². The Kier molecular flexibility index (Phi) is 5.13. The number of anilines is 2. The number of nitrogens with zero attached hydrogens (tertiary/aromatic N) is 4. The molecule has 0 spiro atoms. The molecule has 1 N–H and O–H groups in total. The van der Waals surface area contributed by atoms with E-state index in [0.29, 0.717) is 13.1 Å². The molecule has 0 aliphatic carbocycles. The lowest BCUT2D eigenvalue weighted by molar-refractivity contribution is 0.206. The number of aryl methyl sites for hydroxylation is 1. The summed E-state index contributed by atoms with van der Waals surface area (Å²) in [4.78, 5) is 26.7. The third kappa shape index (κ3) is 3.87. The number of benzene rings is 1. The lowest BCUT2D eigenvalue weighted by Gasteiger charge is -2.31. The number of hydrogen-bond donors (Lipinski definition) is 1. The Morgan fingerprint density at radius 2 is 1.96 bits per heavy atom. The van der Waals surface area contributed by atoms with E-state index in [1.807, 2.05) is 61.3 Å². The Labute approximate surface area is 152 Å². The van der Waals surface area contributed by atoms with Crippen LogP contribution in [-0.4, -0.2) is 47.8 Å². The fourth-order valence-electron chi connectivity index (χ4n) is 2.94. The molecule has 2 heterocycles. The summed E-state index contributed by atoms with van der Waals surface area (Å²) in [5.74, 6) is 1.67. The molecular weight excluding hydrogens is 334 g/mol. The number of hydrogen-bond acceptors (Lipinski definition) is 5. The Morgan fingerprint density at radius 1 is 1.24 bits per heavy atom. The molecule has 132 valence electrons. The van der Waals surface area contributed by atoms with E-state index >= 15 is 0 Å². The van der Waals surface area contributed by atoms with Crippen molar-refractivity contribution in [3.8, 4) is 0 Å². The molecule has 1 aliphatic rings. The van der Waals surface area contributed by atoms with Crippen LogP contribution in [0.5, 0.6) is 0 Å². The van der Waals surface area contributed by atoms with E-state index in [0.717, 1.165) is 35.0 Å². The van der Waals surface area contributed by atoms with Gasteiger partial charge in [0.05, 0.1) is 12.2 Å². The van der Waals surface area contributed by atoms with Crippen LogP contribution in [0.2, 0.25) is 0 Å². The molecule has 0 saturated heterocycles. The maximum atomic E-state index is 12.6. The number of amides is 2. The van der Waals surface area contributed by atoms with Crippen molar-refractivity contribution in [3.63, 3.8) is 0 Å². The van der Waals surface area contributed by atoms with Gasteiger partial charge >= 0.3 is 6.03 Å². The van der Waals surface area contributed by atoms with E-state index in [9.17, 15) is 4.79 Å². The molecule has 25 heavy (non-hydrogen) atoms. The van der Waals surface area contributed by atoms with Gasteiger partial charge < -0.3 is 15.1 Å². The van der Waals surface area contributed by atoms with Crippen molar-refractivity contribution in [1.29, 1.82) is 0 Å². The van der Waals surface area contributed by atoms with E-state index in [2.05, 4.69) is 15.3 Å². The second-order valence-corrected chi connectivity index (χ2v) is 7.12. The number of urea groups is 1. The second kappa shape index (κ2) is 7.31. The number of carbonyl (C=O) groups is 1. The Balaban J connectivity index is 1.76. The van der Waals surface area contributed by atoms with Gasteiger partial charge in [0.1, 0.15) is 11.6 Å². The van der Waals surface area contributed by atoms with E-state index in [1.165, 1.54) is 4.90 Å². The number of aromatic nitrogens is 2. The summed E-state index contributed by atoms with van der Waals surface area (Å²) < 4.78 is 0. The van der Waals surface area contributed by atoms with Crippen LogP contribution in [0.1, 0.15) is 17.1 Å².